The summed E-state index contributed by atoms with van der Waals surface area (Å²) < 4.78 is 0. The van der Waals surface area contributed by atoms with Crippen LogP contribution in [0.25, 0.3) is 0 Å². The Morgan fingerprint density at radius 2 is 2.20 bits per heavy atom. The summed E-state index contributed by atoms with van der Waals surface area (Å²) >= 11 is 0. The van der Waals surface area contributed by atoms with Crippen LogP contribution in [0.2, 0.25) is 0 Å². The van der Waals surface area contributed by atoms with Crippen LogP contribution in [0.15, 0.2) is 18.3 Å². The minimum Gasteiger partial charge on any atom is -0.394 e. The molecule has 4 nitrogen and oxygen atoms in total. The lowest BCUT2D eigenvalue weighted by atomic mass is 10.0. The first-order chi connectivity index (χ1) is 7.11. The first kappa shape index (κ1) is 11.8. The Kier molecular flexibility index (Phi) is 4.37. The molecular weight excluding hydrogens is 190 g/mol. The second-order valence-corrected chi connectivity index (χ2v) is 4.13. The van der Waals surface area contributed by atoms with E-state index < -0.39 is 0 Å². The van der Waals surface area contributed by atoms with E-state index in [0.717, 1.165) is 12.1 Å². The quantitative estimate of drug-likeness (QED) is 0.687. The van der Waals surface area contributed by atoms with Gasteiger partial charge in [0.2, 0.25) is 0 Å². The standard InChI is InChI=1S/C11H19N3O/c1-8(2)5-10(7-15)14-9-3-4-11(12)13-6-9/h3-4,6,8,10,14-15H,5,7H2,1-2H3,(H2,12,13). The van der Waals surface area contributed by atoms with Gasteiger partial charge in [0.15, 0.2) is 0 Å². The monoisotopic (exact) mass is 209 g/mol. The fraction of sp³-hybridized carbons (Fsp3) is 0.545. The van der Waals surface area contributed by atoms with Crippen molar-refractivity contribution in [1.29, 1.82) is 0 Å². The number of aliphatic hydroxyl groups is 1. The number of aliphatic hydroxyl groups excluding tert-OH is 1. The minimum atomic E-state index is 0.0791. The molecule has 1 aromatic rings. The van der Waals surface area contributed by atoms with Crippen LogP contribution in [0.4, 0.5) is 11.5 Å². The molecule has 0 aliphatic rings. The van der Waals surface area contributed by atoms with Crippen LogP contribution < -0.4 is 11.1 Å². The maximum Gasteiger partial charge on any atom is 0.123 e. The Labute approximate surface area is 90.5 Å². The molecule has 84 valence electrons. The number of nitrogens with one attached hydrogen (secondary N) is 1. The van der Waals surface area contributed by atoms with Gasteiger partial charge in [0.1, 0.15) is 5.82 Å². The van der Waals surface area contributed by atoms with Crippen LogP contribution >= 0.6 is 0 Å². The fourth-order valence-corrected chi connectivity index (χ4v) is 1.47. The molecule has 0 aliphatic heterocycles. The van der Waals surface area contributed by atoms with E-state index in [1.807, 2.05) is 6.07 Å². The summed E-state index contributed by atoms with van der Waals surface area (Å²) in [6.07, 6.45) is 2.61. The summed E-state index contributed by atoms with van der Waals surface area (Å²) in [6.45, 7) is 4.39. The van der Waals surface area contributed by atoms with Gasteiger partial charge < -0.3 is 16.2 Å². The minimum absolute atomic E-state index is 0.0791. The Morgan fingerprint density at radius 1 is 1.47 bits per heavy atom. The summed E-state index contributed by atoms with van der Waals surface area (Å²) in [7, 11) is 0. The molecule has 0 spiro atoms. The second kappa shape index (κ2) is 5.56. The molecule has 4 heteroatoms. The summed E-state index contributed by atoms with van der Waals surface area (Å²) in [6, 6.07) is 3.69. The molecule has 0 amide bonds. The Morgan fingerprint density at radius 3 is 2.67 bits per heavy atom. The van der Waals surface area contributed by atoms with Crippen molar-refractivity contribution in [1.82, 2.24) is 4.98 Å². The van der Waals surface area contributed by atoms with Gasteiger partial charge in [-0.1, -0.05) is 13.8 Å². The third-order valence-corrected chi connectivity index (χ3v) is 2.13. The zero-order chi connectivity index (χ0) is 11.3. The van der Waals surface area contributed by atoms with E-state index in [2.05, 4.69) is 24.1 Å². The highest BCUT2D eigenvalue weighted by Gasteiger charge is 2.09. The molecule has 0 saturated carbocycles. The Balaban J connectivity index is 2.54. The molecule has 15 heavy (non-hydrogen) atoms. The van der Waals surface area contributed by atoms with Crippen LogP contribution in [-0.4, -0.2) is 22.7 Å². The van der Waals surface area contributed by atoms with E-state index in [9.17, 15) is 5.11 Å². The van der Waals surface area contributed by atoms with Crippen LogP contribution in [0.1, 0.15) is 20.3 Å². The van der Waals surface area contributed by atoms with Crippen LogP contribution in [0, 0.1) is 5.92 Å². The number of hydrogen-bond donors (Lipinski definition) is 3. The molecule has 1 aromatic heterocycles. The van der Waals surface area contributed by atoms with Gasteiger partial charge in [-0.25, -0.2) is 4.98 Å². The Bertz CT molecular complexity index is 284. The smallest absolute Gasteiger partial charge is 0.123 e. The molecule has 1 rings (SSSR count). The summed E-state index contributed by atoms with van der Waals surface area (Å²) in [5, 5.41) is 12.4. The van der Waals surface area contributed by atoms with E-state index >= 15 is 0 Å². The second-order valence-electron chi connectivity index (χ2n) is 4.13. The first-order valence-electron chi connectivity index (χ1n) is 5.20. The van der Waals surface area contributed by atoms with Gasteiger partial charge in [0, 0.05) is 6.04 Å². The average molecular weight is 209 g/mol. The predicted octanol–water partition coefficient (Wildman–Crippen LogP) is 1.48. The molecule has 1 heterocycles. The number of anilines is 2. The van der Waals surface area contributed by atoms with Crippen molar-refractivity contribution in [2.24, 2.45) is 5.92 Å². The molecule has 0 bridgehead atoms. The van der Waals surface area contributed by atoms with Gasteiger partial charge in [-0.2, -0.15) is 0 Å². The van der Waals surface area contributed by atoms with Crippen LogP contribution in [0.5, 0.6) is 0 Å². The molecule has 0 radical (unpaired) electrons. The lowest BCUT2D eigenvalue weighted by Crippen LogP contribution is -2.25. The van der Waals surface area contributed by atoms with E-state index in [0.29, 0.717) is 11.7 Å². The predicted molar refractivity (Wildman–Crippen MR) is 62.6 cm³/mol. The maximum atomic E-state index is 9.18. The normalized spacial score (nSPS) is 12.8. The van der Waals surface area contributed by atoms with E-state index in [1.165, 1.54) is 0 Å². The van der Waals surface area contributed by atoms with Crippen LogP contribution in [-0.2, 0) is 0 Å². The first-order valence-corrected chi connectivity index (χ1v) is 5.20. The molecule has 0 aliphatic carbocycles. The lowest BCUT2D eigenvalue weighted by molar-refractivity contribution is 0.259. The lowest BCUT2D eigenvalue weighted by Gasteiger charge is -2.19. The summed E-state index contributed by atoms with van der Waals surface area (Å²) in [4.78, 5) is 3.98. The van der Waals surface area contributed by atoms with Gasteiger partial charge in [-0.3, -0.25) is 0 Å². The van der Waals surface area contributed by atoms with Gasteiger partial charge in [0.25, 0.3) is 0 Å². The molecule has 4 N–H and O–H groups in total. The van der Waals surface area contributed by atoms with Gasteiger partial charge in [-0.15, -0.1) is 0 Å². The van der Waals surface area contributed by atoms with Gasteiger partial charge in [0.05, 0.1) is 18.5 Å². The number of rotatable bonds is 5. The van der Waals surface area contributed by atoms with E-state index in [-0.39, 0.29) is 12.6 Å². The highest BCUT2D eigenvalue weighted by molar-refractivity contribution is 5.45. The Hall–Kier alpha value is -1.29. The van der Waals surface area contributed by atoms with Crippen molar-refractivity contribution in [2.45, 2.75) is 26.3 Å². The van der Waals surface area contributed by atoms with Crippen molar-refractivity contribution in [3.8, 4) is 0 Å². The zero-order valence-corrected chi connectivity index (χ0v) is 9.27. The van der Waals surface area contributed by atoms with Crippen molar-refractivity contribution >= 4 is 11.5 Å². The summed E-state index contributed by atoms with van der Waals surface area (Å²) in [5.41, 5.74) is 6.37. The number of nitrogen functional groups attached to an aromatic ring is 1. The molecule has 0 aromatic carbocycles. The maximum absolute atomic E-state index is 9.18. The number of aromatic nitrogens is 1. The molecule has 0 saturated heterocycles. The molecular formula is C11H19N3O. The highest BCUT2D eigenvalue weighted by atomic mass is 16.3. The average Bonchev–Trinajstić information content (AvgIpc) is 2.19. The topological polar surface area (TPSA) is 71.2 Å². The van der Waals surface area contributed by atoms with E-state index in [4.69, 9.17) is 5.73 Å². The van der Waals surface area contributed by atoms with Crippen molar-refractivity contribution in [2.75, 3.05) is 17.7 Å². The number of hydrogen-bond acceptors (Lipinski definition) is 4. The largest absolute Gasteiger partial charge is 0.394 e. The van der Waals surface area contributed by atoms with E-state index in [1.54, 1.807) is 12.3 Å². The van der Waals surface area contributed by atoms with Gasteiger partial charge in [-0.05, 0) is 24.5 Å². The molecule has 1 unspecified atom stereocenters. The molecule has 0 fully saturated rings. The molecule has 1 atom stereocenters. The number of nitrogens with zero attached hydrogens (tertiary/aromatic N) is 1. The van der Waals surface area contributed by atoms with Crippen LogP contribution in [0.3, 0.4) is 0 Å². The third-order valence-electron chi connectivity index (χ3n) is 2.13. The van der Waals surface area contributed by atoms with Crippen molar-refractivity contribution in [3.05, 3.63) is 18.3 Å². The number of pyridine rings is 1. The van der Waals surface area contributed by atoms with Gasteiger partial charge >= 0.3 is 0 Å². The van der Waals surface area contributed by atoms with Crippen molar-refractivity contribution < 1.29 is 5.11 Å². The highest BCUT2D eigenvalue weighted by Crippen LogP contribution is 2.12. The SMILES string of the molecule is CC(C)CC(CO)Nc1ccc(N)nc1. The number of nitrogens with two attached hydrogens (primary N) is 1. The zero-order valence-electron chi connectivity index (χ0n) is 9.27. The third kappa shape index (κ3) is 4.16. The fourth-order valence-electron chi connectivity index (χ4n) is 1.47. The van der Waals surface area contributed by atoms with Crippen molar-refractivity contribution in [3.63, 3.8) is 0 Å². The summed E-state index contributed by atoms with van der Waals surface area (Å²) in [5.74, 6) is 1.06.